The maximum Gasteiger partial charge on any atom is 0.257 e. The lowest BCUT2D eigenvalue weighted by atomic mass is 10.1. The number of likely N-dealkylation sites (tertiary alicyclic amines) is 1. The highest BCUT2D eigenvalue weighted by Gasteiger charge is 2.28. The van der Waals surface area contributed by atoms with Crippen LogP contribution in [0.2, 0.25) is 0 Å². The largest absolute Gasteiger partial charge is 0.342 e. The fraction of sp³-hybridized carbons (Fsp3) is 0.522. The number of carbonyl (C=O) groups is 2. The summed E-state index contributed by atoms with van der Waals surface area (Å²) in [5.41, 5.74) is 3.57. The Labute approximate surface area is 178 Å². The van der Waals surface area contributed by atoms with E-state index in [1.807, 2.05) is 46.5 Å². The van der Waals surface area contributed by atoms with Crippen molar-refractivity contribution in [3.8, 4) is 0 Å². The van der Waals surface area contributed by atoms with Crippen LogP contribution in [-0.4, -0.2) is 82.1 Å². The highest BCUT2D eigenvalue weighted by atomic mass is 16.2. The van der Waals surface area contributed by atoms with Crippen LogP contribution in [0.15, 0.2) is 30.3 Å². The molecule has 0 atom stereocenters. The molecule has 0 unspecified atom stereocenters. The number of carbonyl (C=O) groups excluding carboxylic acids is 2. The Balaban J connectivity index is 1.36. The van der Waals surface area contributed by atoms with Crippen molar-refractivity contribution in [1.82, 2.24) is 24.5 Å². The summed E-state index contributed by atoms with van der Waals surface area (Å²) in [5.74, 6) is 0.274. The predicted octanol–water partition coefficient (Wildman–Crippen LogP) is 1.93. The molecule has 3 heterocycles. The molecule has 0 saturated carbocycles. The molecular formula is C23H31N5O2. The standard InChI is InChI=1S/C23H31N5O2/c1-18-22(19(2)28(24-18)16-20-8-4-3-5-9-20)23(30)27-14-12-25(13-15-27)17-21(29)26-10-6-7-11-26/h3-5,8-9H,6-7,10-17H2,1-2H3. The van der Waals surface area contributed by atoms with E-state index in [0.29, 0.717) is 31.7 Å². The number of amides is 2. The molecule has 1 aromatic carbocycles. The van der Waals surface area contributed by atoms with Crippen LogP contribution in [0.3, 0.4) is 0 Å². The molecule has 30 heavy (non-hydrogen) atoms. The first kappa shape index (κ1) is 20.6. The molecule has 7 heteroatoms. The molecule has 7 nitrogen and oxygen atoms in total. The highest BCUT2D eigenvalue weighted by molar-refractivity contribution is 5.96. The molecule has 0 radical (unpaired) electrons. The zero-order chi connectivity index (χ0) is 21.1. The summed E-state index contributed by atoms with van der Waals surface area (Å²) in [6.45, 7) is 9.56. The Bertz CT molecular complexity index is 894. The number of benzene rings is 1. The van der Waals surface area contributed by atoms with Gasteiger partial charge in [0.05, 0.1) is 24.3 Å². The van der Waals surface area contributed by atoms with Gasteiger partial charge in [0.25, 0.3) is 5.91 Å². The van der Waals surface area contributed by atoms with Crippen molar-refractivity contribution in [2.75, 3.05) is 45.8 Å². The Morgan fingerprint density at radius 3 is 2.23 bits per heavy atom. The van der Waals surface area contributed by atoms with E-state index in [1.54, 1.807) is 0 Å². The topological polar surface area (TPSA) is 61.7 Å². The zero-order valence-corrected chi connectivity index (χ0v) is 18.0. The second-order valence-electron chi connectivity index (χ2n) is 8.35. The molecular weight excluding hydrogens is 378 g/mol. The van der Waals surface area contributed by atoms with Gasteiger partial charge in [-0.05, 0) is 32.3 Å². The molecule has 2 amide bonds. The molecule has 2 aliphatic heterocycles. The SMILES string of the molecule is Cc1nn(Cc2ccccc2)c(C)c1C(=O)N1CCN(CC(=O)N2CCCC2)CC1. The summed E-state index contributed by atoms with van der Waals surface area (Å²) in [5, 5.41) is 4.63. The third-order valence-electron chi connectivity index (χ3n) is 6.25. The molecule has 2 saturated heterocycles. The summed E-state index contributed by atoms with van der Waals surface area (Å²) in [4.78, 5) is 31.6. The normalized spacial score (nSPS) is 17.5. The van der Waals surface area contributed by atoms with Gasteiger partial charge in [-0.25, -0.2) is 0 Å². The minimum Gasteiger partial charge on any atom is -0.342 e. The smallest absolute Gasteiger partial charge is 0.257 e. The molecule has 4 rings (SSSR count). The lowest BCUT2D eigenvalue weighted by Crippen LogP contribution is -2.51. The zero-order valence-electron chi connectivity index (χ0n) is 18.0. The summed E-state index contributed by atoms with van der Waals surface area (Å²) < 4.78 is 1.92. The predicted molar refractivity (Wildman–Crippen MR) is 115 cm³/mol. The Morgan fingerprint density at radius 1 is 0.900 bits per heavy atom. The van der Waals surface area contributed by atoms with E-state index in [1.165, 1.54) is 5.56 Å². The second-order valence-corrected chi connectivity index (χ2v) is 8.35. The number of rotatable bonds is 5. The van der Waals surface area contributed by atoms with Crippen molar-refractivity contribution in [3.05, 3.63) is 52.8 Å². The van der Waals surface area contributed by atoms with Crippen LogP contribution in [0, 0.1) is 13.8 Å². The maximum absolute atomic E-state index is 13.2. The summed E-state index contributed by atoms with van der Waals surface area (Å²) in [7, 11) is 0. The van der Waals surface area contributed by atoms with E-state index in [-0.39, 0.29) is 11.8 Å². The first-order valence-corrected chi connectivity index (χ1v) is 10.9. The average molecular weight is 410 g/mol. The van der Waals surface area contributed by atoms with Crippen molar-refractivity contribution in [1.29, 1.82) is 0 Å². The molecule has 0 N–H and O–H groups in total. The van der Waals surface area contributed by atoms with Crippen LogP contribution in [0.1, 0.15) is 40.2 Å². The summed E-state index contributed by atoms with van der Waals surface area (Å²) in [6, 6.07) is 10.2. The number of hydrogen-bond acceptors (Lipinski definition) is 4. The van der Waals surface area contributed by atoms with Gasteiger partial charge in [-0.1, -0.05) is 30.3 Å². The first-order valence-electron chi connectivity index (χ1n) is 10.9. The minimum atomic E-state index is 0.0508. The van der Waals surface area contributed by atoms with Gasteiger partial charge >= 0.3 is 0 Å². The van der Waals surface area contributed by atoms with Crippen LogP contribution < -0.4 is 0 Å². The van der Waals surface area contributed by atoms with Crippen LogP contribution in [0.5, 0.6) is 0 Å². The van der Waals surface area contributed by atoms with Gasteiger partial charge in [0.2, 0.25) is 5.91 Å². The van der Waals surface area contributed by atoms with Crippen LogP contribution in [0.4, 0.5) is 0 Å². The van der Waals surface area contributed by atoms with Gasteiger partial charge in [0.15, 0.2) is 0 Å². The number of piperazine rings is 1. The first-order chi connectivity index (χ1) is 14.5. The molecule has 2 aromatic rings. The Hall–Kier alpha value is -2.67. The Morgan fingerprint density at radius 2 is 1.57 bits per heavy atom. The van der Waals surface area contributed by atoms with Crippen molar-refractivity contribution >= 4 is 11.8 Å². The number of aromatic nitrogens is 2. The van der Waals surface area contributed by atoms with E-state index < -0.39 is 0 Å². The van der Waals surface area contributed by atoms with Crippen molar-refractivity contribution < 1.29 is 9.59 Å². The van der Waals surface area contributed by atoms with Crippen molar-refractivity contribution in [2.45, 2.75) is 33.2 Å². The van der Waals surface area contributed by atoms with E-state index in [0.717, 1.165) is 50.4 Å². The number of hydrogen-bond donors (Lipinski definition) is 0. The lowest BCUT2D eigenvalue weighted by Gasteiger charge is -2.35. The molecule has 0 spiro atoms. The molecule has 2 aliphatic rings. The molecule has 0 aliphatic carbocycles. The van der Waals surface area contributed by atoms with Gasteiger partial charge in [0.1, 0.15) is 0 Å². The lowest BCUT2D eigenvalue weighted by molar-refractivity contribution is -0.131. The molecule has 160 valence electrons. The average Bonchev–Trinajstić information content (AvgIpc) is 3.38. The van der Waals surface area contributed by atoms with Crippen LogP contribution in [-0.2, 0) is 11.3 Å². The molecule has 1 aromatic heterocycles. The summed E-state index contributed by atoms with van der Waals surface area (Å²) >= 11 is 0. The Kier molecular flexibility index (Phi) is 6.18. The highest BCUT2D eigenvalue weighted by Crippen LogP contribution is 2.18. The minimum absolute atomic E-state index is 0.0508. The third kappa shape index (κ3) is 4.41. The second kappa shape index (κ2) is 9.00. The van der Waals surface area contributed by atoms with Gasteiger partial charge in [-0.3, -0.25) is 19.2 Å². The van der Waals surface area contributed by atoms with E-state index in [2.05, 4.69) is 22.1 Å². The molecule has 0 bridgehead atoms. The van der Waals surface area contributed by atoms with Gasteiger partial charge in [0, 0.05) is 45.0 Å². The monoisotopic (exact) mass is 409 g/mol. The molecule has 2 fully saturated rings. The fourth-order valence-corrected chi connectivity index (χ4v) is 4.44. The van der Waals surface area contributed by atoms with E-state index in [4.69, 9.17) is 0 Å². The maximum atomic E-state index is 13.2. The van der Waals surface area contributed by atoms with Gasteiger partial charge < -0.3 is 9.80 Å². The van der Waals surface area contributed by atoms with E-state index >= 15 is 0 Å². The van der Waals surface area contributed by atoms with Gasteiger partial charge in [-0.15, -0.1) is 0 Å². The van der Waals surface area contributed by atoms with Crippen LogP contribution >= 0.6 is 0 Å². The quantitative estimate of drug-likeness (QED) is 0.757. The number of nitrogens with zero attached hydrogens (tertiary/aromatic N) is 5. The summed E-state index contributed by atoms with van der Waals surface area (Å²) in [6.07, 6.45) is 2.23. The van der Waals surface area contributed by atoms with Crippen molar-refractivity contribution in [3.63, 3.8) is 0 Å². The van der Waals surface area contributed by atoms with Gasteiger partial charge in [-0.2, -0.15) is 5.10 Å². The third-order valence-corrected chi connectivity index (χ3v) is 6.25. The van der Waals surface area contributed by atoms with Crippen molar-refractivity contribution in [2.24, 2.45) is 0 Å². The number of aryl methyl sites for hydroxylation is 1. The fourth-order valence-electron chi connectivity index (χ4n) is 4.44. The van der Waals surface area contributed by atoms with Crippen LogP contribution in [0.25, 0.3) is 0 Å². The van der Waals surface area contributed by atoms with E-state index in [9.17, 15) is 9.59 Å².